The van der Waals surface area contributed by atoms with Crippen LogP contribution in [0.4, 0.5) is 22.7 Å². The number of hydrogen-bond acceptors (Lipinski definition) is 8. The van der Waals surface area contributed by atoms with Gasteiger partial charge in [0.2, 0.25) is 17.7 Å². The van der Waals surface area contributed by atoms with Crippen molar-refractivity contribution in [1.82, 2.24) is 0 Å². The first kappa shape index (κ1) is 25.0. The molecule has 4 atom stereocenters. The first-order valence-corrected chi connectivity index (χ1v) is 12.5. The Kier molecular flexibility index (Phi) is 5.91. The third kappa shape index (κ3) is 3.99. The number of nitro groups is 1. The van der Waals surface area contributed by atoms with Crippen LogP contribution in [0.5, 0.6) is 5.75 Å². The zero-order valence-electron chi connectivity index (χ0n) is 21.1. The maximum atomic E-state index is 13.9. The average Bonchev–Trinajstić information content (AvgIpc) is 3.42. The number of nitro benzene ring substituents is 1. The van der Waals surface area contributed by atoms with Crippen LogP contribution >= 0.6 is 0 Å². The Morgan fingerprint density at radius 1 is 0.925 bits per heavy atom. The fourth-order valence-corrected chi connectivity index (χ4v) is 5.78. The summed E-state index contributed by atoms with van der Waals surface area (Å²) in [5.74, 6) is -3.49. The third-order valence-electron chi connectivity index (χ3n) is 7.39. The highest BCUT2D eigenvalue weighted by Crippen LogP contribution is 2.49. The average molecular weight is 539 g/mol. The largest absolute Gasteiger partial charge is 0.427 e. The van der Waals surface area contributed by atoms with Gasteiger partial charge >= 0.3 is 5.97 Å². The van der Waals surface area contributed by atoms with Crippen LogP contribution in [-0.2, 0) is 19.2 Å². The summed E-state index contributed by atoms with van der Waals surface area (Å²) in [6.07, 6.45) is 3.73. The summed E-state index contributed by atoms with van der Waals surface area (Å²) in [5, 5.41) is 13.8. The van der Waals surface area contributed by atoms with Gasteiger partial charge in [-0.05, 0) is 48.0 Å². The van der Waals surface area contributed by atoms with Gasteiger partial charge in [0.25, 0.3) is 5.69 Å². The van der Waals surface area contributed by atoms with Crippen LogP contribution in [0.1, 0.15) is 12.5 Å². The van der Waals surface area contributed by atoms with Crippen molar-refractivity contribution in [3.05, 3.63) is 94.6 Å². The van der Waals surface area contributed by atoms with E-state index in [1.54, 1.807) is 0 Å². The lowest BCUT2D eigenvalue weighted by molar-refractivity contribution is -0.384. The van der Waals surface area contributed by atoms with E-state index in [0.29, 0.717) is 11.4 Å². The van der Waals surface area contributed by atoms with Crippen LogP contribution in [0.3, 0.4) is 0 Å². The van der Waals surface area contributed by atoms with Crippen molar-refractivity contribution in [2.45, 2.75) is 19.0 Å². The van der Waals surface area contributed by atoms with Gasteiger partial charge < -0.3 is 15.0 Å². The van der Waals surface area contributed by atoms with Gasteiger partial charge in [-0.2, -0.15) is 0 Å². The Balaban J connectivity index is 1.37. The van der Waals surface area contributed by atoms with E-state index in [1.165, 1.54) is 55.5 Å². The van der Waals surface area contributed by atoms with Crippen molar-refractivity contribution in [3.8, 4) is 5.75 Å². The molecule has 3 aliphatic rings. The molecular formula is C29H22N4O7. The number of nitrogens with one attached hydrogen (secondary N) is 1. The second kappa shape index (κ2) is 9.45. The maximum absolute atomic E-state index is 13.9. The molecular weight excluding hydrogens is 516 g/mol. The normalized spacial score (nSPS) is 22.4. The van der Waals surface area contributed by atoms with Gasteiger partial charge in [0, 0.05) is 30.4 Å². The molecule has 0 saturated carbocycles. The molecule has 3 aromatic rings. The van der Waals surface area contributed by atoms with E-state index in [1.807, 2.05) is 41.3 Å². The molecule has 0 radical (unpaired) electrons. The number of non-ortho nitro benzene ring substituents is 1. The third-order valence-corrected chi connectivity index (χ3v) is 7.39. The Hall–Kier alpha value is -5.32. The van der Waals surface area contributed by atoms with E-state index in [2.05, 4.69) is 5.32 Å². The van der Waals surface area contributed by atoms with Crippen LogP contribution in [0.25, 0.3) is 6.08 Å². The van der Waals surface area contributed by atoms with Gasteiger partial charge in [-0.25, -0.2) is 4.90 Å². The number of esters is 1. The predicted molar refractivity (Wildman–Crippen MR) is 144 cm³/mol. The zero-order valence-corrected chi connectivity index (χ0v) is 21.1. The Bertz CT molecular complexity index is 1600. The quantitative estimate of drug-likeness (QED) is 0.171. The summed E-state index contributed by atoms with van der Waals surface area (Å²) in [6, 6.07) is 17.3. The molecule has 3 heterocycles. The van der Waals surface area contributed by atoms with E-state index in [-0.39, 0.29) is 11.4 Å². The summed E-state index contributed by atoms with van der Waals surface area (Å²) < 4.78 is 5.06. The van der Waals surface area contributed by atoms with Gasteiger partial charge in [0.15, 0.2) is 0 Å². The lowest BCUT2D eigenvalue weighted by Gasteiger charge is -2.36. The van der Waals surface area contributed by atoms with Crippen molar-refractivity contribution in [3.63, 3.8) is 0 Å². The van der Waals surface area contributed by atoms with Crippen molar-refractivity contribution < 1.29 is 28.8 Å². The number of anilines is 3. The van der Waals surface area contributed by atoms with Gasteiger partial charge in [-0.3, -0.25) is 29.3 Å². The Morgan fingerprint density at radius 2 is 1.60 bits per heavy atom. The molecule has 0 bridgehead atoms. The summed E-state index contributed by atoms with van der Waals surface area (Å²) in [4.78, 5) is 66.3. The standard InChI is InChI=1S/C29H22N4O7/c1-16(34)40-21-13-11-19(12-14-21)31-28(36)24-23-15-6-17-4-2-3-5-22(17)32(23)26(25(24)29(31)37)27(35)30-18-7-9-20(10-8-18)33(38)39/h2-15,23-26H,1H3,(H,30,35)/t23-,24-,25-,26-/m0/s1. The highest BCUT2D eigenvalue weighted by Gasteiger charge is 2.64. The number of rotatable bonds is 5. The highest BCUT2D eigenvalue weighted by molar-refractivity contribution is 6.25. The monoisotopic (exact) mass is 538 g/mol. The van der Waals surface area contributed by atoms with E-state index in [0.717, 1.165) is 16.2 Å². The molecule has 2 fully saturated rings. The van der Waals surface area contributed by atoms with E-state index >= 15 is 0 Å². The highest BCUT2D eigenvalue weighted by atomic mass is 16.6. The van der Waals surface area contributed by atoms with Crippen molar-refractivity contribution >= 4 is 52.5 Å². The molecule has 3 aromatic carbocycles. The second-order valence-electron chi connectivity index (χ2n) is 9.70. The van der Waals surface area contributed by atoms with Gasteiger partial charge in [0.05, 0.1) is 28.5 Å². The molecule has 0 aliphatic carbocycles. The van der Waals surface area contributed by atoms with Crippen LogP contribution in [0.2, 0.25) is 0 Å². The Labute approximate surface area is 227 Å². The van der Waals surface area contributed by atoms with Crippen molar-refractivity contribution in [2.75, 3.05) is 15.1 Å². The fourth-order valence-electron chi connectivity index (χ4n) is 5.78. The molecule has 40 heavy (non-hydrogen) atoms. The number of hydrogen-bond donors (Lipinski definition) is 1. The van der Waals surface area contributed by atoms with Gasteiger partial charge in [-0.1, -0.05) is 30.4 Å². The molecule has 3 aliphatic heterocycles. The number of nitrogens with zero attached hydrogens (tertiary/aromatic N) is 3. The lowest BCUT2D eigenvalue weighted by atomic mass is 9.88. The fraction of sp³-hybridized carbons (Fsp3) is 0.172. The SMILES string of the molecule is CC(=O)Oc1ccc(N2C(=O)[C@@H]3[C@H](C2=O)[C@@H](C(=O)Nc2ccc([N+](=O)[O-])cc2)N2c4ccccc4C=C[C@@H]32)cc1. The molecule has 1 N–H and O–H groups in total. The number of amides is 3. The van der Waals surface area contributed by atoms with E-state index in [4.69, 9.17) is 4.74 Å². The second-order valence-corrected chi connectivity index (χ2v) is 9.70. The van der Waals surface area contributed by atoms with Gasteiger partial charge in [-0.15, -0.1) is 0 Å². The number of ether oxygens (including phenoxy) is 1. The molecule has 0 unspecified atom stereocenters. The number of carbonyl (C=O) groups excluding carboxylic acids is 4. The zero-order chi connectivity index (χ0) is 28.1. The molecule has 11 heteroatoms. The molecule has 200 valence electrons. The predicted octanol–water partition coefficient (Wildman–Crippen LogP) is 3.55. The van der Waals surface area contributed by atoms with E-state index in [9.17, 15) is 29.3 Å². The molecule has 3 amide bonds. The summed E-state index contributed by atoms with van der Waals surface area (Å²) in [7, 11) is 0. The van der Waals surface area contributed by atoms with Crippen LogP contribution in [0.15, 0.2) is 78.9 Å². The minimum atomic E-state index is -1.03. The number of imide groups is 1. The molecule has 2 saturated heterocycles. The minimum absolute atomic E-state index is 0.124. The molecule has 6 rings (SSSR count). The molecule has 11 nitrogen and oxygen atoms in total. The Morgan fingerprint density at radius 3 is 2.27 bits per heavy atom. The summed E-state index contributed by atoms with van der Waals surface area (Å²) >= 11 is 0. The summed E-state index contributed by atoms with van der Waals surface area (Å²) in [6.45, 7) is 1.27. The first-order chi connectivity index (χ1) is 19.2. The maximum Gasteiger partial charge on any atom is 0.308 e. The van der Waals surface area contributed by atoms with E-state index < -0.39 is 52.5 Å². The van der Waals surface area contributed by atoms with Crippen LogP contribution < -0.4 is 19.9 Å². The lowest BCUT2D eigenvalue weighted by Crippen LogP contribution is -2.50. The topological polar surface area (TPSA) is 139 Å². The van der Waals surface area contributed by atoms with Crippen molar-refractivity contribution in [2.24, 2.45) is 11.8 Å². The summed E-state index contributed by atoms with van der Waals surface area (Å²) in [5.41, 5.74) is 2.09. The number of benzene rings is 3. The minimum Gasteiger partial charge on any atom is -0.427 e. The smallest absolute Gasteiger partial charge is 0.308 e. The van der Waals surface area contributed by atoms with Gasteiger partial charge in [0.1, 0.15) is 11.8 Å². The first-order valence-electron chi connectivity index (χ1n) is 12.5. The number of carbonyl (C=O) groups is 4. The number of fused-ring (bicyclic) bond motifs is 5. The number of para-hydroxylation sites is 1. The van der Waals surface area contributed by atoms with Crippen LogP contribution in [0, 0.1) is 22.0 Å². The van der Waals surface area contributed by atoms with Crippen molar-refractivity contribution in [1.29, 1.82) is 0 Å². The molecule has 0 aromatic heterocycles. The van der Waals surface area contributed by atoms with Crippen LogP contribution in [-0.4, -0.2) is 40.7 Å². The molecule has 0 spiro atoms.